The Balaban J connectivity index is 1.97. The SMILES string of the molecule is CC1CC(c2cc3cccc(F)c3s2)CCN1. The maximum absolute atomic E-state index is 13.6. The predicted octanol–water partition coefficient (Wildman–Crippen LogP) is 3.90. The molecule has 1 aromatic carbocycles. The molecule has 2 aromatic rings. The van der Waals surface area contributed by atoms with Gasteiger partial charge in [0.2, 0.25) is 0 Å². The molecule has 0 saturated carbocycles. The van der Waals surface area contributed by atoms with Gasteiger partial charge in [0.25, 0.3) is 0 Å². The summed E-state index contributed by atoms with van der Waals surface area (Å²) in [5.41, 5.74) is 0. The molecular weight excluding hydrogens is 233 g/mol. The molecule has 1 nitrogen and oxygen atoms in total. The van der Waals surface area contributed by atoms with Crippen molar-refractivity contribution in [2.45, 2.75) is 31.7 Å². The van der Waals surface area contributed by atoms with Gasteiger partial charge >= 0.3 is 0 Å². The van der Waals surface area contributed by atoms with Gasteiger partial charge in [-0.1, -0.05) is 12.1 Å². The van der Waals surface area contributed by atoms with Crippen molar-refractivity contribution in [3.05, 3.63) is 35.0 Å². The molecule has 1 N–H and O–H groups in total. The predicted molar refractivity (Wildman–Crippen MR) is 71.2 cm³/mol. The molecule has 2 heterocycles. The molecule has 1 saturated heterocycles. The summed E-state index contributed by atoms with van der Waals surface area (Å²) in [6.07, 6.45) is 2.33. The van der Waals surface area contributed by atoms with Crippen molar-refractivity contribution in [3.8, 4) is 0 Å². The molecule has 3 rings (SSSR count). The van der Waals surface area contributed by atoms with Crippen LogP contribution in [0.2, 0.25) is 0 Å². The Morgan fingerprint density at radius 2 is 2.29 bits per heavy atom. The first-order valence-electron chi connectivity index (χ1n) is 6.15. The molecular formula is C14H16FNS. The molecule has 3 heteroatoms. The van der Waals surface area contributed by atoms with E-state index in [1.807, 2.05) is 6.07 Å². The number of nitrogens with one attached hydrogen (secondary N) is 1. The van der Waals surface area contributed by atoms with Crippen molar-refractivity contribution in [2.75, 3.05) is 6.54 Å². The number of benzene rings is 1. The van der Waals surface area contributed by atoms with Gasteiger partial charge in [-0.3, -0.25) is 0 Å². The maximum Gasteiger partial charge on any atom is 0.140 e. The topological polar surface area (TPSA) is 12.0 Å². The number of rotatable bonds is 1. The van der Waals surface area contributed by atoms with E-state index in [2.05, 4.69) is 18.3 Å². The summed E-state index contributed by atoms with van der Waals surface area (Å²) < 4.78 is 14.5. The quantitative estimate of drug-likeness (QED) is 0.808. The zero-order valence-electron chi connectivity index (χ0n) is 9.87. The lowest BCUT2D eigenvalue weighted by molar-refractivity contribution is 0.384. The maximum atomic E-state index is 13.6. The van der Waals surface area contributed by atoms with Crippen LogP contribution < -0.4 is 5.32 Å². The minimum absolute atomic E-state index is 0.0827. The second-order valence-electron chi connectivity index (χ2n) is 4.88. The van der Waals surface area contributed by atoms with Gasteiger partial charge in [-0.15, -0.1) is 11.3 Å². The van der Waals surface area contributed by atoms with Crippen molar-refractivity contribution < 1.29 is 4.39 Å². The molecule has 2 atom stereocenters. The van der Waals surface area contributed by atoms with E-state index < -0.39 is 0 Å². The largest absolute Gasteiger partial charge is 0.314 e. The second-order valence-corrected chi connectivity index (χ2v) is 5.97. The summed E-state index contributed by atoms with van der Waals surface area (Å²) >= 11 is 1.63. The molecule has 2 unspecified atom stereocenters. The van der Waals surface area contributed by atoms with Gasteiger partial charge in [0.05, 0.1) is 4.70 Å². The fourth-order valence-electron chi connectivity index (χ4n) is 2.64. The number of halogens is 1. The van der Waals surface area contributed by atoms with E-state index in [-0.39, 0.29) is 5.82 Å². The van der Waals surface area contributed by atoms with E-state index in [0.29, 0.717) is 12.0 Å². The van der Waals surface area contributed by atoms with Gasteiger partial charge in [-0.25, -0.2) is 4.39 Å². The summed E-state index contributed by atoms with van der Waals surface area (Å²) in [4.78, 5) is 1.35. The highest BCUT2D eigenvalue weighted by molar-refractivity contribution is 7.19. The molecule has 1 aliphatic rings. The molecule has 0 bridgehead atoms. The van der Waals surface area contributed by atoms with Crippen molar-refractivity contribution in [1.29, 1.82) is 0 Å². The Hall–Kier alpha value is -0.930. The van der Waals surface area contributed by atoms with Crippen LogP contribution in [0.3, 0.4) is 0 Å². The third-order valence-electron chi connectivity index (χ3n) is 3.54. The van der Waals surface area contributed by atoms with Crippen LogP contribution in [0, 0.1) is 5.82 Å². The first-order chi connectivity index (χ1) is 8.24. The fourth-order valence-corrected chi connectivity index (χ4v) is 3.85. The standard InChI is InChI=1S/C14H16FNS/c1-9-7-10(5-6-16-9)13-8-11-3-2-4-12(15)14(11)17-13/h2-4,8-10,16H,5-7H2,1H3. The molecule has 1 aliphatic heterocycles. The van der Waals surface area contributed by atoms with E-state index in [9.17, 15) is 4.39 Å². The van der Waals surface area contributed by atoms with E-state index >= 15 is 0 Å². The van der Waals surface area contributed by atoms with Crippen LogP contribution in [-0.2, 0) is 0 Å². The van der Waals surface area contributed by atoms with Crippen LogP contribution in [0.25, 0.3) is 10.1 Å². The third kappa shape index (κ3) is 2.09. The molecule has 1 aromatic heterocycles. The highest BCUT2D eigenvalue weighted by Gasteiger charge is 2.21. The number of thiophene rings is 1. The summed E-state index contributed by atoms with van der Waals surface area (Å²) in [5.74, 6) is 0.517. The summed E-state index contributed by atoms with van der Waals surface area (Å²) in [7, 11) is 0. The molecule has 0 radical (unpaired) electrons. The smallest absolute Gasteiger partial charge is 0.140 e. The monoisotopic (exact) mass is 249 g/mol. The van der Waals surface area contributed by atoms with Crippen molar-refractivity contribution in [1.82, 2.24) is 5.32 Å². The zero-order chi connectivity index (χ0) is 11.8. The van der Waals surface area contributed by atoms with Crippen molar-refractivity contribution >= 4 is 21.4 Å². The van der Waals surface area contributed by atoms with E-state index in [4.69, 9.17) is 0 Å². The van der Waals surface area contributed by atoms with E-state index in [0.717, 1.165) is 23.1 Å². The van der Waals surface area contributed by atoms with Gasteiger partial charge in [-0.05, 0) is 49.7 Å². The van der Waals surface area contributed by atoms with Crippen LogP contribution in [-0.4, -0.2) is 12.6 Å². The van der Waals surface area contributed by atoms with Crippen LogP contribution in [0.4, 0.5) is 4.39 Å². The van der Waals surface area contributed by atoms with Crippen LogP contribution >= 0.6 is 11.3 Å². The molecule has 17 heavy (non-hydrogen) atoms. The number of hydrogen-bond acceptors (Lipinski definition) is 2. The minimum atomic E-state index is -0.0827. The van der Waals surface area contributed by atoms with Gasteiger partial charge in [-0.2, -0.15) is 0 Å². The average molecular weight is 249 g/mol. The summed E-state index contributed by atoms with van der Waals surface area (Å²) in [6, 6.07) is 8.09. The Morgan fingerprint density at radius 3 is 3.06 bits per heavy atom. The average Bonchev–Trinajstić information content (AvgIpc) is 2.74. The normalized spacial score (nSPS) is 25.3. The summed E-state index contributed by atoms with van der Waals surface area (Å²) in [5, 5.41) is 4.51. The van der Waals surface area contributed by atoms with E-state index in [1.165, 1.54) is 11.3 Å². The molecule has 1 fully saturated rings. The lowest BCUT2D eigenvalue weighted by Crippen LogP contribution is -2.34. The second kappa shape index (κ2) is 4.39. The number of piperidine rings is 1. The first kappa shape index (κ1) is 11.2. The fraction of sp³-hybridized carbons (Fsp3) is 0.429. The Labute approximate surface area is 105 Å². The van der Waals surface area contributed by atoms with E-state index in [1.54, 1.807) is 23.5 Å². The molecule has 0 aliphatic carbocycles. The van der Waals surface area contributed by atoms with Crippen molar-refractivity contribution in [2.24, 2.45) is 0 Å². The number of hydrogen-bond donors (Lipinski definition) is 1. The Morgan fingerprint density at radius 1 is 1.41 bits per heavy atom. The highest BCUT2D eigenvalue weighted by Crippen LogP contribution is 2.37. The van der Waals surface area contributed by atoms with Crippen LogP contribution in [0.1, 0.15) is 30.6 Å². The third-order valence-corrected chi connectivity index (χ3v) is 4.86. The zero-order valence-corrected chi connectivity index (χ0v) is 10.7. The summed E-state index contributed by atoms with van der Waals surface area (Å²) in [6.45, 7) is 3.29. The lowest BCUT2D eigenvalue weighted by atomic mass is 9.92. The Bertz CT molecular complexity index is 534. The Kier molecular flexibility index (Phi) is 2.89. The van der Waals surface area contributed by atoms with Gasteiger partial charge < -0.3 is 5.32 Å². The van der Waals surface area contributed by atoms with Crippen LogP contribution in [0.15, 0.2) is 24.3 Å². The molecule has 0 amide bonds. The van der Waals surface area contributed by atoms with Gasteiger partial charge in [0, 0.05) is 10.9 Å². The lowest BCUT2D eigenvalue weighted by Gasteiger charge is -2.27. The van der Waals surface area contributed by atoms with Gasteiger partial charge in [0.15, 0.2) is 0 Å². The molecule has 0 spiro atoms. The van der Waals surface area contributed by atoms with Crippen LogP contribution in [0.5, 0.6) is 0 Å². The highest BCUT2D eigenvalue weighted by atomic mass is 32.1. The number of fused-ring (bicyclic) bond motifs is 1. The molecule has 90 valence electrons. The minimum Gasteiger partial charge on any atom is -0.314 e. The van der Waals surface area contributed by atoms with Gasteiger partial charge in [0.1, 0.15) is 5.82 Å². The first-order valence-corrected chi connectivity index (χ1v) is 6.97. The van der Waals surface area contributed by atoms with Crippen molar-refractivity contribution in [3.63, 3.8) is 0 Å².